The number of piperazine rings is 1. The van der Waals surface area contributed by atoms with Crippen LogP contribution in [0, 0.1) is 5.92 Å². The second kappa shape index (κ2) is 7.74. The van der Waals surface area contributed by atoms with Gasteiger partial charge in [-0.25, -0.2) is 4.98 Å². The molecule has 124 valence electrons. The van der Waals surface area contributed by atoms with Crippen molar-refractivity contribution in [3.05, 3.63) is 21.6 Å². The van der Waals surface area contributed by atoms with E-state index in [0.29, 0.717) is 18.5 Å². The molecule has 2 rings (SSSR count). The predicted octanol–water partition coefficient (Wildman–Crippen LogP) is 1.26. The van der Waals surface area contributed by atoms with E-state index in [1.165, 1.54) is 0 Å². The number of nitrogens with one attached hydrogen (secondary N) is 1. The Morgan fingerprint density at radius 2 is 1.95 bits per heavy atom. The van der Waals surface area contributed by atoms with Crippen LogP contribution in [-0.2, 0) is 17.8 Å². The van der Waals surface area contributed by atoms with E-state index >= 15 is 0 Å². The van der Waals surface area contributed by atoms with E-state index < -0.39 is 0 Å². The van der Waals surface area contributed by atoms with Crippen LogP contribution in [0.25, 0.3) is 0 Å². The van der Waals surface area contributed by atoms with Gasteiger partial charge in [-0.2, -0.15) is 0 Å². The van der Waals surface area contributed by atoms with Gasteiger partial charge in [0, 0.05) is 38.9 Å². The van der Waals surface area contributed by atoms with Gasteiger partial charge < -0.3 is 14.5 Å². The Bertz CT molecular complexity index is 533. The molecule has 6 heteroatoms. The summed E-state index contributed by atoms with van der Waals surface area (Å²) in [6.45, 7) is 8.45. The van der Waals surface area contributed by atoms with Crippen LogP contribution in [-0.4, -0.2) is 55.2 Å². The monoisotopic (exact) mass is 308 g/mol. The molecule has 0 radical (unpaired) electrons. The highest BCUT2D eigenvalue weighted by atomic mass is 16.5. The number of hydrogen-bond donors (Lipinski definition) is 1. The fraction of sp³-hybridized carbons (Fsp3) is 0.750. The van der Waals surface area contributed by atoms with Crippen molar-refractivity contribution in [1.82, 2.24) is 14.9 Å². The number of aromatic nitrogens is 2. The number of H-pyrrole nitrogens is 1. The summed E-state index contributed by atoms with van der Waals surface area (Å²) in [5, 5.41) is 0. The Morgan fingerprint density at radius 1 is 1.27 bits per heavy atom. The van der Waals surface area contributed by atoms with Gasteiger partial charge in [-0.05, 0) is 25.8 Å². The van der Waals surface area contributed by atoms with E-state index in [-0.39, 0.29) is 5.56 Å². The average molecular weight is 308 g/mol. The maximum absolute atomic E-state index is 12.5. The lowest BCUT2D eigenvalue weighted by molar-refractivity contribution is 0.180. The van der Waals surface area contributed by atoms with E-state index in [0.717, 1.165) is 50.3 Å². The molecular weight excluding hydrogens is 280 g/mol. The van der Waals surface area contributed by atoms with Gasteiger partial charge in [0.05, 0.1) is 12.3 Å². The molecule has 0 saturated carbocycles. The molecule has 0 spiro atoms. The number of hydrogen-bond acceptors (Lipinski definition) is 5. The lowest BCUT2D eigenvalue weighted by Gasteiger charge is -2.33. The first kappa shape index (κ1) is 17.0. The summed E-state index contributed by atoms with van der Waals surface area (Å²) in [5.74, 6) is 1.24. The van der Waals surface area contributed by atoms with Gasteiger partial charge in [0.2, 0.25) is 5.95 Å². The average Bonchev–Trinajstić information content (AvgIpc) is 2.47. The quantitative estimate of drug-likeness (QED) is 0.857. The molecule has 1 saturated heterocycles. The molecule has 0 atom stereocenters. The number of likely N-dealkylation sites (N-methyl/N-ethyl adjacent to an activating group) is 1. The highest BCUT2D eigenvalue weighted by Gasteiger charge is 2.19. The van der Waals surface area contributed by atoms with Crippen LogP contribution in [0.15, 0.2) is 4.79 Å². The summed E-state index contributed by atoms with van der Waals surface area (Å²) in [6, 6.07) is 0. The molecule has 1 fully saturated rings. The molecule has 1 aromatic rings. The lowest BCUT2D eigenvalue weighted by Crippen LogP contribution is -2.45. The fourth-order valence-corrected chi connectivity index (χ4v) is 2.65. The highest BCUT2D eigenvalue weighted by molar-refractivity contribution is 5.34. The van der Waals surface area contributed by atoms with Gasteiger partial charge in [0.25, 0.3) is 5.56 Å². The van der Waals surface area contributed by atoms with Crippen LogP contribution >= 0.6 is 0 Å². The topological polar surface area (TPSA) is 61.5 Å². The van der Waals surface area contributed by atoms with E-state index in [9.17, 15) is 4.79 Å². The van der Waals surface area contributed by atoms with Crippen molar-refractivity contribution in [3.63, 3.8) is 0 Å². The zero-order valence-corrected chi connectivity index (χ0v) is 14.2. The van der Waals surface area contributed by atoms with Gasteiger partial charge in [-0.15, -0.1) is 0 Å². The normalized spacial score (nSPS) is 16.5. The van der Waals surface area contributed by atoms with E-state index in [1.807, 2.05) is 0 Å². The first-order chi connectivity index (χ1) is 10.5. The van der Waals surface area contributed by atoms with Crippen molar-refractivity contribution >= 4 is 5.95 Å². The first-order valence-electron chi connectivity index (χ1n) is 8.05. The van der Waals surface area contributed by atoms with Gasteiger partial charge >= 0.3 is 0 Å². The number of ether oxygens (including phenoxy) is 1. The summed E-state index contributed by atoms with van der Waals surface area (Å²) >= 11 is 0. The molecule has 0 unspecified atom stereocenters. The van der Waals surface area contributed by atoms with Crippen LogP contribution in [0.5, 0.6) is 0 Å². The molecule has 1 aliphatic rings. The predicted molar refractivity (Wildman–Crippen MR) is 88.4 cm³/mol. The van der Waals surface area contributed by atoms with Crippen LogP contribution in [0.2, 0.25) is 0 Å². The van der Waals surface area contributed by atoms with Gasteiger partial charge in [-0.3, -0.25) is 9.78 Å². The maximum Gasteiger partial charge on any atom is 0.255 e. The molecule has 1 N–H and O–H groups in total. The fourth-order valence-electron chi connectivity index (χ4n) is 2.65. The van der Waals surface area contributed by atoms with Crippen LogP contribution in [0.3, 0.4) is 0 Å². The summed E-state index contributed by atoms with van der Waals surface area (Å²) in [5.41, 5.74) is 1.53. The number of nitrogens with zero attached hydrogens (tertiary/aromatic N) is 3. The molecule has 2 heterocycles. The molecule has 0 aliphatic carbocycles. The van der Waals surface area contributed by atoms with Crippen molar-refractivity contribution in [3.8, 4) is 0 Å². The van der Waals surface area contributed by atoms with Gasteiger partial charge in [0.15, 0.2) is 0 Å². The van der Waals surface area contributed by atoms with Crippen molar-refractivity contribution < 1.29 is 4.74 Å². The molecular formula is C16H28N4O2. The van der Waals surface area contributed by atoms with Gasteiger partial charge in [0.1, 0.15) is 0 Å². The SMILES string of the molecule is COCc1nc(N2CCN(C)CC2)[nH]c(=O)c1CCC(C)C. The van der Waals surface area contributed by atoms with Crippen molar-refractivity contribution in [1.29, 1.82) is 0 Å². The second-order valence-corrected chi connectivity index (χ2v) is 6.47. The van der Waals surface area contributed by atoms with Crippen molar-refractivity contribution in [2.45, 2.75) is 33.3 Å². The Balaban J connectivity index is 2.24. The summed E-state index contributed by atoms with van der Waals surface area (Å²) in [7, 11) is 3.75. The highest BCUT2D eigenvalue weighted by Crippen LogP contribution is 2.14. The minimum atomic E-state index is -0.0170. The Kier molecular flexibility index (Phi) is 5.97. The first-order valence-corrected chi connectivity index (χ1v) is 8.05. The summed E-state index contributed by atoms with van der Waals surface area (Å²) in [6.07, 6.45) is 1.73. The van der Waals surface area contributed by atoms with Crippen molar-refractivity contribution in [2.24, 2.45) is 5.92 Å². The minimum Gasteiger partial charge on any atom is -0.378 e. The molecule has 0 amide bonds. The molecule has 22 heavy (non-hydrogen) atoms. The van der Waals surface area contributed by atoms with Crippen molar-refractivity contribution in [2.75, 3.05) is 45.2 Å². The van der Waals surface area contributed by atoms with E-state index in [4.69, 9.17) is 4.74 Å². The van der Waals surface area contributed by atoms with Gasteiger partial charge in [-0.1, -0.05) is 13.8 Å². The third kappa shape index (κ3) is 4.30. The molecule has 1 aliphatic heterocycles. The molecule has 0 aromatic carbocycles. The number of methoxy groups -OCH3 is 1. The van der Waals surface area contributed by atoms with Crippen LogP contribution in [0.1, 0.15) is 31.5 Å². The molecule has 0 bridgehead atoms. The van der Waals surface area contributed by atoms with E-state index in [1.54, 1.807) is 7.11 Å². The number of rotatable bonds is 6. The Labute approximate surface area is 132 Å². The minimum absolute atomic E-state index is 0.0170. The zero-order chi connectivity index (χ0) is 16.1. The largest absolute Gasteiger partial charge is 0.378 e. The van der Waals surface area contributed by atoms with E-state index in [2.05, 4.69) is 40.7 Å². The third-order valence-electron chi connectivity index (χ3n) is 4.14. The standard InChI is InChI=1S/C16H28N4O2/c1-12(2)5-6-13-14(11-22-4)17-16(18-15(13)21)20-9-7-19(3)8-10-20/h12H,5-11H2,1-4H3,(H,17,18,21). The van der Waals surface area contributed by atoms with Crippen LogP contribution in [0.4, 0.5) is 5.95 Å². The summed E-state index contributed by atoms with van der Waals surface area (Å²) < 4.78 is 5.25. The second-order valence-electron chi connectivity index (χ2n) is 6.47. The summed E-state index contributed by atoms with van der Waals surface area (Å²) in [4.78, 5) is 24.5. The third-order valence-corrected chi connectivity index (χ3v) is 4.14. The Hall–Kier alpha value is -1.40. The molecule has 6 nitrogen and oxygen atoms in total. The van der Waals surface area contributed by atoms with Crippen LogP contribution < -0.4 is 10.5 Å². The lowest BCUT2D eigenvalue weighted by atomic mass is 10.0. The maximum atomic E-state index is 12.5. The number of anilines is 1. The Morgan fingerprint density at radius 3 is 2.55 bits per heavy atom. The number of aromatic amines is 1. The smallest absolute Gasteiger partial charge is 0.255 e. The molecule has 1 aromatic heterocycles. The zero-order valence-electron chi connectivity index (χ0n) is 14.2.